The smallest absolute Gasteiger partial charge is 0.257 e. The van der Waals surface area contributed by atoms with Crippen LogP contribution in [-0.4, -0.2) is 21.1 Å². The minimum Gasteiger partial charge on any atom is -0.361 e. The highest BCUT2D eigenvalue weighted by Crippen LogP contribution is 2.24. The SMILES string of the molecule is Cc1ccc(C(=O)Nc2nnc(Cc3c[nH]c4ccccc34)s2)cc1. The average molecular weight is 348 g/mol. The number of nitrogens with one attached hydrogen (secondary N) is 2. The minimum atomic E-state index is -0.171. The Morgan fingerprint density at radius 2 is 1.92 bits per heavy atom. The van der Waals surface area contributed by atoms with E-state index >= 15 is 0 Å². The molecule has 5 nitrogen and oxygen atoms in total. The summed E-state index contributed by atoms with van der Waals surface area (Å²) in [5.41, 5.74) is 4.01. The van der Waals surface area contributed by atoms with Crippen molar-refractivity contribution >= 4 is 33.3 Å². The van der Waals surface area contributed by atoms with Crippen molar-refractivity contribution in [3.05, 3.63) is 76.4 Å². The van der Waals surface area contributed by atoms with Gasteiger partial charge in [0.15, 0.2) is 0 Å². The van der Waals surface area contributed by atoms with Gasteiger partial charge >= 0.3 is 0 Å². The number of aryl methyl sites for hydroxylation is 1. The Hall–Kier alpha value is -2.99. The number of nitrogens with zero attached hydrogens (tertiary/aromatic N) is 2. The van der Waals surface area contributed by atoms with Crippen LogP contribution < -0.4 is 5.32 Å². The van der Waals surface area contributed by atoms with Crippen molar-refractivity contribution < 1.29 is 4.79 Å². The maximum atomic E-state index is 12.2. The summed E-state index contributed by atoms with van der Waals surface area (Å²) in [4.78, 5) is 15.5. The van der Waals surface area contributed by atoms with E-state index in [1.54, 1.807) is 12.1 Å². The van der Waals surface area contributed by atoms with E-state index in [9.17, 15) is 4.79 Å². The normalized spacial score (nSPS) is 10.9. The number of carbonyl (C=O) groups excluding carboxylic acids is 1. The van der Waals surface area contributed by atoms with E-state index in [2.05, 4.69) is 26.6 Å². The molecule has 4 aromatic rings. The number of H-pyrrole nitrogens is 1. The van der Waals surface area contributed by atoms with Crippen LogP contribution in [0.5, 0.6) is 0 Å². The van der Waals surface area contributed by atoms with Gasteiger partial charge in [-0.15, -0.1) is 10.2 Å². The van der Waals surface area contributed by atoms with Crippen LogP contribution in [0.25, 0.3) is 10.9 Å². The van der Waals surface area contributed by atoms with Gasteiger partial charge in [-0.2, -0.15) is 0 Å². The fourth-order valence-electron chi connectivity index (χ4n) is 2.69. The molecule has 2 aromatic carbocycles. The van der Waals surface area contributed by atoms with Crippen molar-refractivity contribution in [2.45, 2.75) is 13.3 Å². The van der Waals surface area contributed by atoms with E-state index in [4.69, 9.17) is 0 Å². The second kappa shape index (κ2) is 6.49. The zero-order chi connectivity index (χ0) is 17.2. The third-order valence-electron chi connectivity index (χ3n) is 4.02. The van der Waals surface area contributed by atoms with Crippen molar-refractivity contribution in [3.8, 4) is 0 Å². The maximum Gasteiger partial charge on any atom is 0.257 e. The lowest BCUT2D eigenvalue weighted by atomic mass is 10.1. The molecule has 124 valence electrons. The number of aromatic amines is 1. The summed E-state index contributed by atoms with van der Waals surface area (Å²) in [6.45, 7) is 1.99. The Labute approximate surface area is 148 Å². The molecule has 2 aromatic heterocycles. The second-order valence-electron chi connectivity index (χ2n) is 5.86. The summed E-state index contributed by atoms with van der Waals surface area (Å²) in [6, 6.07) is 15.6. The lowest BCUT2D eigenvalue weighted by molar-refractivity contribution is 0.102. The lowest BCUT2D eigenvalue weighted by Crippen LogP contribution is -2.11. The highest BCUT2D eigenvalue weighted by molar-refractivity contribution is 7.15. The third-order valence-corrected chi connectivity index (χ3v) is 4.86. The number of para-hydroxylation sites is 1. The number of amides is 1. The summed E-state index contributed by atoms with van der Waals surface area (Å²) in [5.74, 6) is -0.171. The molecule has 25 heavy (non-hydrogen) atoms. The van der Waals surface area contributed by atoms with Gasteiger partial charge in [0, 0.05) is 29.1 Å². The van der Waals surface area contributed by atoms with Crippen molar-refractivity contribution in [1.82, 2.24) is 15.2 Å². The monoisotopic (exact) mass is 348 g/mol. The fourth-order valence-corrected chi connectivity index (χ4v) is 3.45. The number of hydrogen-bond acceptors (Lipinski definition) is 4. The molecule has 0 radical (unpaired) electrons. The van der Waals surface area contributed by atoms with Crippen LogP contribution in [-0.2, 0) is 6.42 Å². The molecule has 0 aliphatic carbocycles. The molecule has 4 rings (SSSR count). The van der Waals surface area contributed by atoms with Gasteiger partial charge in [0.25, 0.3) is 5.91 Å². The van der Waals surface area contributed by atoms with Gasteiger partial charge in [-0.05, 0) is 30.7 Å². The summed E-state index contributed by atoms with van der Waals surface area (Å²) in [6.07, 6.45) is 2.68. The van der Waals surface area contributed by atoms with Gasteiger partial charge < -0.3 is 4.98 Å². The minimum absolute atomic E-state index is 0.171. The summed E-state index contributed by atoms with van der Waals surface area (Å²) >= 11 is 1.40. The Morgan fingerprint density at radius 3 is 2.76 bits per heavy atom. The molecule has 6 heteroatoms. The largest absolute Gasteiger partial charge is 0.361 e. The number of benzene rings is 2. The highest BCUT2D eigenvalue weighted by Gasteiger charge is 2.12. The Kier molecular flexibility index (Phi) is 4.03. The second-order valence-corrected chi connectivity index (χ2v) is 6.92. The van der Waals surface area contributed by atoms with Gasteiger partial charge in [-0.1, -0.05) is 47.2 Å². The number of carbonyl (C=O) groups is 1. The van der Waals surface area contributed by atoms with Crippen LogP contribution in [0.2, 0.25) is 0 Å². The molecule has 0 aliphatic rings. The Morgan fingerprint density at radius 1 is 1.12 bits per heavy atom. The molecular weight excluding hydrogens is 332 g/mol. The maximum absolute atomic E-state index is 12.2. The van der Waals surface area contributed by atoms with Gasteiger partial charge in [-0.25, -0.2) is 0 Å². The number of aromatic nitrogens is 3. The third kappa shape index (κ3) is 3.29. The van der Waals surface area contributed by atoms with E-state index in [1.165, 1.54) is 22.3 Å². The van der Waals surface area contributed by atoms with Gasteiger partial charge in [0.1, 0.15) is 5.01 Å². The van der Waals surface area contributed by atoms with Crippen LogP contribution in [0, 0.1) is 6.92 Å². The van der Waals surface area contributed by atoms with E-state index in [0.717, 1.165) is 16.1 Å². The van der Waals surface area contributed by atoms with Crippen LogP contribution in [0.3, 0.4) is 0 Å². The van der Waals surface area contributed by atoms with Gasteiger partial charge in [-0.3, -0.25) is 10.1 Å². The molecule has 0 saturated heterocycles. The quantitative estimate of drug-likeness (QED) is 0.581. The lowest BCUT2D eigenvalue weighted by Gasteiger charge is -2.01. The predicted molar refractivity (Wildman–Crippen MR) is 100 cm³/mol. The first kappa shape index (κ1) is 15.5. The summed E-state index contributed by atoms with van der Waals surface area (Å²) in [5, 5.41) is 13.7. The number of rotatable bonds is 4. The molecule has 1 amide bonds. The number of fused-ring (bicyclic) bond motifs is 1. The van der Waals surface area contributed by atoms with Crippen molar-refractivity contribution in [2.24, 2.45) is 0 Å². The molecule has 2 N–H and O–H groups in total. The molecule has 0 atom stereocenters. The summed E-state index contributed by atoms with van der Waals surface area (Å²) in [7, 11) is 0. The molecule has 0 bridgehead atoms. The molecular formula is C19H16N4OS. The van der Waals surface area contributed by atoms with Crippen LogP contribution in [0.1, 0.15) is 26.5 Å². The standard InChI is InChI=1S/C19H16N4OS/c1-12-6-8-13(9-7-12)18(24)21-19-23-22-17(25-19)10-14-11-20-16-5-3-2-4-15(14)16/h2-9,11,20H,10H2,1H3,(H,21,23,24). The van der Waals surface area contributed by atoms with Crippen molar-refractivity contribution in [2.75, 3.05) is 5.32 Å². The molecule has 0 saturated carbocycles. The van der Waals surface area contributed by atoms with Crippen LogP contribution >= 0.6 is 11.3 Å². The Bertz CT molecular complexity index is 1030. The zero-order valence-corrected chi connectivity index (χ0v) is 14.4. The van der Waals surface area contributed by atoms with E-state index in [1.807, 2.05) is 43.5 Å². The first-order valence-electron chi connectivity index (χ1n) is 7.94. The molecule has 0 unspecified atom stereocenters. The predicted octanol–water partition coefficient (Wildman–Crippen LogP) is 4.17. The number of hydrogen-bond donors (Lipinski definition) is 2. The van der Waals surface area contributed by atoms with Crippen LogP contribution in [0.15, 0.2) is 54.7 Å². The molecule has 0 fully saturated rings. The Balaban J connectivity index is 1.48. The molecule has 0 aliphatic heterocycles. The first-order chi connectivity index (χ1) is 12.2. The van der Waals surface area contributed by atoms with Crippen LogP contribution in [0.4, 0.5) is 5.13 Å². The highest BCUT2D eigenvalue weighted by atomic mass is 32.1. The first-order valence-corrected chi connectivity index (χ1v) is 8.76. The zero-order valence-electron chi connectivity index (χ0n) is 13.6. The van der Waals surface area contributed by atoms with Gasteiger partial charge in [0.2, 0.25) is 5.13 Å². The molecule has 2 heterocycles. The van der Waals surface area contributed by atoms with E-state index in [0.29, 0.717) is 17.1 Å². The van der Waals surface area contributed by atoms with Crippen molar-refractivity contribution in [1.29, 1.82) is 0 Å². The van der Waals surface area contributed by atoms with E-state index < -0.39 is 0 Å². The summed E-state index contributed by atoms with van der Waals surface area (Å²) < 4.78 is 0. The van der Waals surface area contributed by atoms with Gasteiger partial charge in [0.05, 0.1) is 0 Å². The topological polar surface area (TPSA) is 70.7 Å². The average Bonchev–Trinajstić information content (AvgIpc) is 3.23. The van der Waals surface area contributed by atoms with Crippen molar-refractivity contribution in [3.63, 3.8) is 0 Å². The number of anilines is 1. The molecule has 0 spiro atoms. The fraction of sp³-hybridized carbons (Fsp3) is 0.105. The van der Waals surface area contributed by atoms with E-state index in [-0.39, 0.29) is 5.91 Å².